The van der Waals surface area contributed by atoms with E-state index >= 15 is 0 Å². The van der Waals surface area contributed by atoms with Gasteiger partial charge in [-0.25, -0.2) is 21.6 Å². The summed E-state index contributed by atoms with van der Waals surface area (Å²) in [6.07, 6.45) is 0.697. The molecule has 0 amide bonds. The quantitative estimate of drug-likeness (QED) is 0.673. The minimum absolute atomic E-state index is 0.104. The van der Waals surface area contributed by atoms with Crippen LogP contribution in [0.2, 0.25) is 0 Å². The minimum Gasteiger partial charge on any atom is -0.378 e. The number of fused-ring (bicyclic) bond motifs is 1. The van der Waals surface area contributed by atoms with Crippen LogP contribution in [-0.2, 0) is 32.6 Å². The van der Waals surface area contributed by atoms with Crippen LogP contribution in [0.3, 0.4) is 0 Å². The number of hydrogen-bond acceptors (Lipinski definition) is 7. The summed E-state index contributed by atoms with van der Waals surface area (Å²) < 4.78 is 78.3. The predicted octanol–water partition coefficient (Wildman–Crippen LogP) is 1.44. The third-order valence-electron chi connectivity index (χ3n) is 6.49. The summed E-state index contributed by atoms with van der Waals surface area (Å²) in [4.78, 5) is 2.09. The lowest BCUT2D eigenvalue weighted by atomic mass is 9.90. The van der Waals surface area contributed by atoms with Gasteiger partial charge in [0.05, 0.1) is 25.0 Å². The third kappa shape index (κ3) is 3.54. The molecule has 0 spiro atoms. The molecule has 1 aromatic carbocycles. The highest BCUT2D eigenvalue weighted by molar-refractivity contribution is 7.90. The topological polar surface area (TPSA) is 99.7 Å². The fourth-order valence-electron chi connectivity index (χ4n) is 4.58. The Morgan fingerprint density at radius 3 is 2.50 bits per heavy atom. The summed E-state index contributed by atoms with van der Waals surface area (Å²) in [5.41, 5.74) is 7.63. The van der Waals surface area contributed by atoms with Gasteiger partial charge < -0.3 is 15.2 Å². The fraction of sp³-hybridized carbons (Fsp3) is 0.550. The fourth-order valence-corrected chi connectivity index (χ4v) is 5.91. The maximum atomic E-state index is 14.3. The van der Waals surface area contributed by atoms with E-state index in [0.717, 1.165) is 15.7 Å². The van der Waals surface area contributed by atoms with E-state index in [1.807, 2.05) is 6.92 Å². The Kier molecular flexibility index (Phi) is 5.32. The Hall–Kier alpha value is -1.99. The van der Waals surface area contributed by atoms with E-state index in [1.54, 1.807) is 0 Å². The van der Waals surface area contributed by atoms with Gasteiger partial charge in [0.15, 0.2) is 11.6 Å². The van der Waals surface area contributed by atoms with Crippen LogP contribution in [0.1, 0.15) is 36.3 Å². The molecule has 3 aliphatic heterocycles. The minimum atomic E-state index is -3.57. The smallest absolute Gasteiger partial charge is 0.261 e. The van der Waals surface area contributed by atoms with E-state index in [-0.39, 0.29) is 30.9 Å². The number of halogens is 3. The zero-order valence-corrected chi connectivity index (χ0v) is 18.1. The Labute approximate surface area is 183 Å². The van der Waals surface area contributed by atoms with Crippen molar-refractivity contribution in [2.45, 2.75) is 56.0 Å². The molecule has 2 fully saturated rings. The van der Waals surface area contributed by atoms with Gasteiger partial charge in [-0.1, -0.05) is 0 Å². The number of nitrogens with zero attached hydrogens (tertiary/aromatic N) is 3. The molecule has 4 heterocycles. The van der Waals surface area contributed by atoms with E-state index in [4.69, 9.17) is 15.2 Å². The number of nitrogens with two attached hydrogens (primary N) is 1. The molecule has 1 aromatic heterocycles. The highest BCUT2D eigenvalue weighted by atomic mass is 32.2. The molecule has 32 heavy (non-hydrogen) atoms. The van der Waals surface area contributed by atoms with E-state index in [2.05, 4.69) is 10.00 Å². The molecule has 0 unspecified atom stereocenters. The summed E-state index contributed by atoms with van der Waals surface area (Å²) in [5, 5.41) is 3.71. The van der Waals surface area contributed by atoms with Gasteiger partial charge in [0, 0.05) is 48.6 Å². The average Bonchev–Trinajstić information content (AvgIpc) is 3.24. The molecule has 8 nitrogen and oxygen atoms in total. The molecule has 174 valence electrons. The van der Waals surface area contributed by atoms with Crippen LogP contribution in [-0.4, -0.2) is 59.2 Å². The highest BCUT2D eigenvalue weighted by Crippen LogP contribution is 2.37. The second kappa shape index (κ2) is 7.80. The van der Waals surface area contributed by atoms with Crippen LogP contribution in [0.4, 0.5) is 13.2 Å². The van der Waals surface area contributed by atoms with Gasteiger partial charge in [0.25, 0.3) is 10.0 Å². The molecule has 0 radical (unpaired) electrons. The van der Waals surface area contributed by atoms with Crippen LogP contribution in [0, 0.1) is 17.5 Å². The van der Waals surface area contributed by atoms with Gasteiger partial charge in [0.2, 0.25) is 0 Å². The van der Waals surface area contributed by atoms with Crippen molar-refractivity contribution >= 4 is 10.0 Å². The van der Waals surface area contributed by atoms with Gasteiger partial charge in [-0.05, 0) is 19.4 Å². The first-order chi connectivity index (χ1) is 15.1. The molecule has 3 aliphatic rings. The van der Waals surface area contributed by atoms with Gasteiger partial charge in [0.1, 0.15) is 17.2 Å². The average molecular weight is 472 g/mol. The van der Waals surface area contributed by atoms with Crippen molar-refractivity contribution in [3.05, 3.63) is 52.6 Å². The van der Waals surface area contributed by atoms with Gasteiger partial charge >= 0.3 is 0 Å². The van der Waals surface area contributed by atoms with Crippen molar-refractivity contribution in [3.8, 4) is 0 Å². The molecular formula is C20H23F3N4O4S. The summed E-state index contributed by atoms with van der Waals surface area (Å²) in [5.74, 6) is -3.32. The Morgan fingerprint density at radius 2 is 1.84 bits per heavy atom. The lowest BCUT2D eigenvalue weighted by Gasteiger charge is -2.43. The van der Waals surface area contributed by atoms with Crippen LogP contribution >= 0.6 is 0 Å². The van der Waals surface area contributed by atoms with Crippen molar-refractivity contribution in [1.29, 1.82) is 0 Å². The van der Waals surface area contributed by atoms with E-state index in [0.29, 0.717) is 31.3 Å². The van der Waals surface area contributed by atoms with Crippen LogP contribution < -0.4 is 5.73 Å². The van der Waals surface area contributed by atoms with Gasteiger partial charge in [-0.15, -0.1) is 0 Å². The molecule has 12 heteroatoms. The maximum Gasteiger partial charge on any atom is 0.261 e. The Balaban J connectivity index is 1.29. The molecule has 2 N–H and O–H groups in total. The molecule has 0 saturated carbocycles. The largest absolute Gasteiger partial charge is 0.378 e. The molecule has 4 atom stereocenters. The number of rotatable bonds is 4. The van der Waals surface area contributed by atoms with Gasteiger partial charge in [-0.2, -0.15) is 9.19 Å². The van der Waals surface area contributed by atoms with Crippen molar-refractivity contribution < 1.29 is 31.1 Å². The summed E-state index contributed by atoms with van der Waals surface area (Å²) in [6, 6.07) is 0.528. The molecule has 5 rings (SSSR count). The molecule has 0 bridgehead atoms. The second-order valence-corrected chi connectivity index (χ2v) is 10.7. The summed E-state index contributed by atoms with van der Waals surface area (Å²) >= 11 is 0. The SMILES string of the molecule is C[C@H]1O[C@H](c2cc(F)c(F)cc2F)[C@@H](N)C[C@H]1N1Cc2cn(S(=O)(=O)C3COC3)nc2C1. The van der Waals surface area contributed by atoms with Crippen LogP contribution in [0.5, 0.6) is 0 Å². The normalized spacial score (nSPS) is 29.2. The predicted molar refractivity (Wildman–Crippen MR) is 106 cm³/mol. The second-order valence-electron chi connectivity index (χ2n) is 8.60. The first-order valence-corrected chi connectivity index (χ1v) is 11.8. The lowest BCUT2D eigenvalue weighted by Crippen LogP contribution is -2.52. The first-order valence-electron chi connectivity index (χ1n) is 10.3. The zero-order chi connectivity index (χ0) is 22.8. The number of benzene rings is 1. The number of ether oxygens (including phenoxy) is 2. The van der Waals surface area contributed by atoms with Crippen molar-refractivity contribution in [2.24, 2.45) is 5.73 Å². The van der Waals surface area contributed by atoms with Crippen molar-refractivity contribution in [3.63, 3.8) is 0 Å². The Bertz CT molecular complexity index is 1130. The lowest BCUT2D eigenvalue weighted by molar-refractivity contribution is -0.104. The highest BCUT2D eigenvalue weighted by Gasteiger charge is 2.42. The van der Waals surface area contributed by atoms with Gasteiger partial charge in [-0.3, -0.25) is 4.90 Å². The molecule has 2 aromatic rings. The summed E-state index contributed by atoms with van der Waals surface area (Å²) in [7, 11) is -3.57. The Morgan fingerprint density at radius 1 is 1.12 bits per heavy atom. The van der Waals surface area contributed by atoms with E-state index in [1.165, 1.54) is 6.20 Å². The van der Waals surface area contributed by atoms with Crippen LogP contribution in [0.15, 0.2) is 18.3 Å². The number of hydrogen-bond donors (Lipinski definition) is 1. The summed E-state index contributed by atoms with van der Waals surface area (Å²) in [6.45, 7) is 3.07. The standard InChI is InChI=1S/C20H23F3N4O4S/c1-10-19(4-17(24)20(31-10)13-2-15(22)16(23)3-14(13)21)26-5-11-6-27(25-18(11)7-26)32(28,29)12-8-30-9-12/h2-3,6,10,12,17,19-20H,4-5,7-9,24H2,1H3/t10-,17+,19-,20-/m1/s1. The van der Waals surface area contributed by atoms with E-state index < -0.39 is 44.9 Å². The third-order valence-corrected chi connectivity index (χ3v) is 8.32. The monoisotopic (exact) mass is 472 g/mol. The van der Waals surface area contributed by atoms with Crippen molar-refractivity contribution in [1.82, 2.24) is 14.1 Å². The molecule has 0 aliphatic carbocycles. The molecular weight excluding hydrogens is 449 g/mol. The van der Waals surface area contributed by atoms with E-state index in [9.17, 15) is 21.6 Å². The van der Waals surface area contributed by atoms with Crippen LogP contribution in [0.25, 0.3) is 0 Å². The molecule has 2 saturated heterocycles. The first kappa shape index (κ1) is 21.8. The van der Waals surface area contributed by atoms with Crippen molar-refractivity contribution in [2.75, 3.05) is 13.2 Å². The maximum absolute atomic E-state index is 14.3. The zero-order valence-electron chi connectivity index (χ0n) is 17.2. The number of aromatic nitrogens is 2.